The maximum Gasteiger partial charge on any atom is 0.310 e. The number of carbonyl (C=O) groups excluding carboxylic acids is 2. The van der Waals surface area contributed by atoms with E-state index in [1.165, 1.54) is 6.07 Å². The maximum atomic E-state index is 13.8. The van der Waals surface area contributed by atoms with Crippen molar-refractivity contribution in [3.05, 3.63) is 35.6 Å². The van der Waals surface area contributed by atoms with Crippen molar-refractivity contribution in [3.8, 4) is 0 Å². The lowest BCUT2D eigenvalue weighted by atomic mass is 9.97. The third-order valence-corrected chi connectivity index (χ3v) is 4.77. The Bertz CT molecular complexity index is 604. The second-order valence-corrected chi connectivity index (χ2v) is 6.35. The molecule has 2 aliphatic rings. The van der Waals surface area contributed by atoms with Crippen molar-refractivity contribution in [1.29, 1.82) is 0 Å². The highest BCUT2D eigenvalue weighted by Crippen LogP contribution is 2.49. The molecule has 0 bridgehead atoms. The third kappa shape index (κ3) is 3.38. The van der Waals surface area contributed by atoms with Crippen LogP contribution in [0.15, 0.2) is 24.3 Å². The quantitative estimate of drug-likeness (QED) is 0.802. The van der Waals surface area contributed by atoms with E-state index in [-0.39, 0.29) is 35.4 Å². The highest BCUT2D eigenvalue weighted by molar-refractivity contribution is 5.84. The predicted molar refractivity (Wildman–Crippen MR) is 83.2 cm³/mol. The van der Waals surface area contributed by atoms with E-state index in [9.17, 15) is 14.0 Å². The van der Waals surface area contributed by atoms with Crippen LogP contribution in [0.25, 0.3) is 0 Å². The fourth-order valence-corrected chi connectivity index (χ4v) is 3.45. The number of halogens is 1. The lowest BCUT2D eigenvalue weighted by Crippen LogP contribution is -2.43. The van der Waals surface area contributed by atoms with Crippen molar-refractivity contribution in [2.24, 2.45) is 11.8 Å². The van der Waals surface area contributed by atoms with Gasteiger partial charge < -0.3 is 9.64 Å². The fourth-order valence-electron chi connectivity index (χ4n) is 3.45. The summed E-state index contributed by atoms with van der Waals surface area (Å²) in [6.07, 6.45) is 2.27. The van der Waals surface area contributed by atoms with Crippen molar-refractivity contribution in [3.63, 3.8) is 0 Å². The van der Waals surface area contributed by atoms with Crippen LogP contribution in [-0.2, 0) is 14.3 Å². The van der Waals surface area contributed by atoms with Crippen molar-refractivity contribution in [2.45, 2.75) is 32.1 Å². The molecule has 124 valence electrons. The zero-order valence-corrected chi connectivity index (χ0v) is 13.3. The van der Waals surface area contributed by atoms with Crippen LogP contribution in [0.3, 0.4) is 0 Å². The minimum Gasteiger partial charge on any atom is -0.466 e. The highest BCUT2D eigenvalue weighted by Gasteiger charge is 2.47. The molecule has 3 atom stereocenters. The number of esters is 1. The van der Waals surface area contributed by atoms with Crippen LogP contribution < -0.4 is 0 Å². The molecule has 1 aliphatic heterocycles. The summed E-state index contributed by atoms with van der Waals surface area (Å²) < 4.78 is 18.9. The van der Waals surface area contributed by atoms with Gasteiger partial charge >= 0.3 is 5.97 Å². The summed E-state index contributed by atoms with van der Waals surface area (Å²) in [6, 6.07) is 6.65. The minimum absolute atomic E-state index is 0.0216. The minimum atomic E-state index is -0.240. The van der Waals surface area contributed by atoms with Crippen LogP contribution >= 0.6 is 0 Å². The molecule has 3 unspecified atom stereocenters. The second-order valence-electron chi connectivity index (χ2n) is 6.35. The number of amides is 1. The fraction of sp³-hybridized carbons (Fsp3) is 0.556. The summed E-state index contributed by atoms with van der Waals surface area (Å²) in [5.41, 5.74) is 0.629. The molecule has 1 saturated carbocycles. The molecule has 0 spiro atoms. The zero-order chi connectivity index (χ0) is 16.4. The summed E-state index contributed by atoms with van der Waals surface area (Å²) in [7, 11) is 0. The van der Waals surface area contributed by atoms with Gasteiger partial charge in [0.05, 0.1) is 12.5 Å². The monoisotopic (exact) mass is 319 g/mol. The molecule has 2 fully saturated rings. The number of benzene rings is 1. The number of ether oxygens (including phenoxy) is 1. The molecule has 1 aromatic carbocycles. The first-order chi connectivity index (χ1) is 11.1. The smallest absolute Gasteiger partial charge is 0.310 e. The highest BCUT2D eigenvalue weighted by atomic mass is 19.1. The summed E-state index contributed by atoms with van der Waals surface area (Å²) in [6.45, 7) is 3.25. The third-order valence-electron chi connectivity index (χ3n) is 4.77. The number of carbonyl (C=O) groups is 2. The topological polar surface area (TPSA) is 46.6 Å². The molecule has 3 rings (SSSR count). The van der Waals surface area contributed by atoms with E-state index in [0.29, 0.717) is 31.7 Å². The van der Waals surface area contributed by atoms with Crippen LogP contribution in [0.4, 0.5) is 4.39 Å². The van der Waals surface area contributed by atoms with Gasteiger partial charge in [-0.2, -0.15) is 0 Å². The van der Waals surface area contributed by atoms with E-state index in [1.807, 2.05) is 0 Å². The van der Waals surface area contributed by atoms with E-state index in [1.54, 1.807) is 30.0 Å². The molecule has 1 amide bonds. The Kier molecular flexibility index (Phi) is 4.64. The molecular formula is C18H22FNO3. The van der Waals surface area contributed by atoms with E-state index in [2.05, 4.69) is 0 Å². The first kappa shape index (κ1) is 16.0. The molecule has 23 heavy (non-hydrogen) atoms. The van der Waals surface area contributed by atoms with Crippen LogP contribution in [-0.4, -0.2) is 36.5 Å². The van der Waals surface area contributed by atoms with Crippen LogP contribution in [0.1, 0.15) is 37.7 Å². The lowest BCUT2D eigenvalue weighted by molar-refractivity contribution is -0.151. The molecule has 0 N–H and O–H groups in total. The molecule has 1 aliphatic carbocycles. The van der Waals surface area contributed by atoms with Crippen molar-refractivity contribution in [1.82, 2.24) is 4.90 Å². The number of piperidine rings is 1. The summed E-state index contributed by atoms with van der Waals surface area (Å²) in [5.74, 6) is -0.799. The summed E-state index contributed by atoms with van der Waals surface area (Å²) >= 11 is 0. The zero-order valence-electron chi connectivity index (χ0n) is 13.3. The molecule has 4 nitrogen and oxygen atoms in total. The van der Waals surface area contributed by atoms with Gasteiger partial charge in [0.2, 0.25) is 5.91 Å². The van der Waals surface area contributed by atoms with Gasteiger partial charge in [-0.1, -0.05) is 18.2 Å². The first-order valence-electron chi connectivity index (χ1n) is 8.31. The number of likely N-dealkylation sites (tertiary alicyclic amines) is 1. The maximum absolute atomic E-state index is 13.8. The van der Waals surface area contributed by atoms with Gasteiger partial charge in [0.15, 0.2) is 0 Å². The second kappa shape index (κ2) is 6.69. The Morgan fingerprint density at radius 3 is 2.87 bits per heavy atom. The van der Waals surface area contributed by atoms with Crippen LogP contribution in [0, 0.1) is 17.7 Å². The summed E-state index contributed by atoms with van der Waals surface area (Å²) in [4.78, 5) is 26.3. The van der Waals surface area contributed by atoms with Gasteiger partial charge in [-0.25, -0.2) is 4.39 Å². The van der Waals surface area contributed by atoms with Gasteiger partial charge in [0.25, 0.3) is 0 Å². The van der Waals surface area contributed by atoms with Gasteiger partial charge in [-0.3, -0.25) is 9.59 Å². The van der Waals surface area contributed by atoms with E-state index < -0.39 is 0 Å². The Hall–Kier alpha value is -1.91. The standard InChI is InChI=1S/C18H22FNO3/c1-2-23-18(22)12-6-5-9-20(11-12)17(21)15-10-14(15)13-7-3-4-8-16(13)19/h3-4,7-8,12,14-15H,2,5-6,9-11H2,1H3. The molecular weight excluding hydrogens is 297 g/mol. The van der Waals surface area contributed by atoms with Gasteiger partial charge in [0, 0.05) is 19.0 Å². The lowest BCUT2D eigenvalue weighted by Gasteiger charge is -2.31. The first-order valence-corrected chi connectivity index (χ1v) is 8.31. The number of hydrogen-bond donors (Lipinski definition) is 0. The van der Waals surface area contributed by atoms with Gasteiger partial charge in [0.1, 0.15) is 5.82 Å². The summed E-state index contributed by atoms with van der Waals surface area (Å²) in [5, 5.41) is 0. The average molecular weight is 319 g/mol. The number of nitrogens with zero attached hydrogens (tertiary/aromatic N) is 1. The number of rotatable bonds is 4. The van der Waals surface area contributed by atoms with E-state index >= 15 is 0 Å². The van der Waals surface area contributed by atoms with Gasteiger partial charge in [-0.05, 0) is 43.7 Å². The Morgan fingerprint density at radius 2 is 2.13 bits per heavy atom. The van der Waals surface area contributed by atoms with Crippen molar-refractivity contribution < 1.29 is 18.7 Å². The van der Waals surface area contributed by atoms with Gasteiger partial charge in [-0.15, -0.1) is 0 Å². The largest absolute Gasteiger partial charge is 0.466 e. The van der Waals surface area contributed by atoms with Crippen molar-refractivity contribution in [2.75, 3.05) is 19.7 Å². The van der Waals surface area contributed by atoms with E-state index in [0.717, 1.165) is 12.8 Å². The SMILES string of the molecule is CCOC(=O)C1CCCN(C(=O)C2CC2c2ccccc2F)C1. The van der Waals surface area contributed by atoms with Crippen LogP contribution in [0.5, 0.6) is 0 Å². The van der Waals surface area contributed by atoms with E-state index in [4.69, 9.17) is 4.74 Å². The Balaban J connectivity index is 1.61. The number of hydrogen-bond acceptors (Lipinski definition) is 3. The molecule has 0 aromatic heterocycles. The Labute approximate surface area is 135 Å². The Morgan fingerprint density at radius 1 is 1.35 bits per heavy atom. The predicted octanol–water partition coefficient (Wildman–Crippen LogP) is 2.73. The molecule has 1 heterocycles. The average Bonchev–Trinajstić information content (AvgIpc) is 3.35. The normalized spacial score (nSPS) is 26.7. The molecule has 5 heteroatoms. The molecule has 0 radical (unpaired) electrons. The van der Waals surface area contributed by atoms with Crippen molar-refractivity contribution >= 4 is 11.9 Å². The van der Waals surface area contributed by atoms with Crippen LogP contribution in [0.2, 0.25) is 0 Å². The molecule has 1 saturated heterocycles. The molecule has 1 aromatic rings.